The van der Waals surface area contributed by atoms with Crippen molar-refractivity contribution in [2.75, 3.05) is 11.9 Å². The number of carbonyl (C=O) groups excluding carboxylic acids is 1. The molecule has 3 aromatic rings. The van der Waals surface area contributed by atoms with E-state index in [4.69, 9.17) is 9.15 Å². The van der Waals surface area contributed by atoms with Crippen molar-refractivity contribution in [2.45, 2.75) is 28.4 Å². The summed E-state index contributed by atoms with van der Waals surface area (Å²) in [6.07, 6.45) is 3.40. The molecule has 0 radical (unpaired) electrons. The number of nitrogens with zero attached hydrogens (tertiary/aromatic N) is 4. The zero-order valence-electron chi connectivity index (χ0n) is 21.6. The fourth-order valence-corrected chi connectivity index (χ4v) is 4.67. The highest BCUT2D eigenvalue weighted by Crippen LogP contribution is 2.39. The van der Waals surface area contributed by atoms with Crippen LogP contribution < -0.4 is 5.32 Å². The number of rotatable bonds is 4. The SMILES string of the molecule is BC1(B)OC(B)(B)C(B)(B)N(CC(=O)Nc2ncc3ccc(-c4cnc(C)o4)cc3n2)C1(B)B. The molecule has 0 aliphatic carbocycles. The fraction of sp³-hybridized carbons (Fsp3) is 0.333. The molecule has 2 aromatic heterocycles. The Morgan fingerprint density at radius 2 is 1.65 bits per heavy atom. The van der Waals surface area contributed by atoms with Crippen molar-refractivity contribution in [3.63, 3.8) is 0 Å². The molecule has 1 fully saturated rings. The first-order valence-corrected chi connectivity index (χ1v) is 11.6. The maximum atomic E-state index is 13.2. The Hall–Kier alpha value is -2.32. The van der Waals surface area contributed by atoms with Crippen LogP contribution in [0.5, 0.6) is 0 Å². The molecule has 0 spiro atoms. The highest BCUT2D eigenvalue weighted by molar-refractivity contribution is 6.59. The van der Waals surface area contributed by atoms with Crippen molar-refractivity contribution in [3.05, 3.63) is 36.5 Å². The molecule has 1 aliphatic heterocycles. The zero-order valence-corrected chi connectivity index (χ0v) is 21.6. The third-order valence-corrected chi connectivity index (χ3v) is 7.85. The van der Waals surface area contributed by atoms with Crippen molar-refractivity contribution >= 4 is 85.5 Å². The Morgan fingerprint density at radius 3 is 2.24 bits per heavy atom. The van der Waals surface area contributed by atoms with E-state index >= 15 is 0 Å². The summed E-state index contributed by atoms with van der Waals surface area (Å²) in [6.45, 7) is 1.99. The van der Waals surface area contributed by atoms with Crippen LogP contribution in [0.1, 0.15) is 5.89 Å². The highest BCUT2D eigenvalue weighted by Gasteiger charge is 2.58. The molecular weight excluding hydrogens is 421 g/mol. The maximum Gasteiger partial charge on any atom is 0.240 e. The summed E-state index contributed by atoms with van der Waals surface area (Å²) in [5, 5.41) is 2.07. The summed E-state index contributed by atoms with van der Waals surface area (Å²) >= 11 is 0. The van der Waals surface area contributed by atoms with Gasteiger partial charge in [0.05, 0.1) is 18.3 Å². The summed E-state index contributed by atoms with van der Waals surface area (Å²) in [6, 6.07) is 5.78. The second kappa shape index (κ2) is 8.12. The van der Waals surface area contributed by atoms with Crippen LogP contribution in [0.3, 0.4) is 0 Å². The number of morpholine rings is 1. The number of amides is 1. The van der Waals surface area contributed by atoms with E-state index in [-0.39, 0.29) is 18.4 Å². The van der Waals surface area contributed by atoms with E-state index in [2.05, 4.69) is 87.9 Å². The van der Waals surface area contributed by atoms with Gasteiger partial charge < -0.3 is 14.1 Å². The molecule has 1 amide bonds. The number of hydrogen-bond acceptors (Lipinski definition) is 7. The average Bonchev–Trinajstić information content (AvgIpc) is 3.16. The number of nitrogens with one attached hydrogen (secondary N) is 1. The van der Waals surface area contributed by atoms with Gasteiger partial charge in [-0.05, 0) is 16.7 Å². The van der Waals surface area contributed by atoms with Crippen LogP contribution in [-0.2, 0) is 9.53 Å². The van der Waals surface area contributed by atoms with Crippen molar-refractivity contribution in [2.24, 2.45) is 0 Å². The van der Waals surface area contributed by atoms with Crippen LogP contribution in [0, 0.1) is 6.92 Å². The van der Waals surface area contributed by atoms with Crippen LogP contribution in [-0.4, -0.2) is 117 Å². The van der Waals surface area contributed by atoms with Gasteiger partial charge in [-0.15, -0.1) is 0 Å². The molecule has 0 unspecified atom stereocenters. The van der Waals surface area contributed by atoms with E-state index in [0.717, 1.165) is 10.9 Å². The lowest BCUT2D eigenvalue weighted by atomic mass is 9.30. The number of aromatic nitrogens is 3. The van der Waals surface area contributed by atoms with Crippen molar-refractivity contribution < 1.29 is 13.9 Å². The normalized spacial score (nSPS) is 20.6. The van der Waals surface area contributed by atoms with Crippen LogP contribution in [0.2, 0.25) is 0 Å². The van der Waals surface area contributed by atoms with Gasteiger partial charge in [-0.1, -0.05) is 12.1 Å². The monoisotopic (exact) mass is 449 g/mol. The smallest absolute Gasteiger partial charge is 0.240 e. The molecule has 16 heteroatoms. The molecule has 1 N–H and O–H groups in total. The minimum absolute atomic E-state index is 0.170. The summed E-state index contributed by atoms with van der Waals surface area (Å²) in [4.78, 5) is 28.5. The molecular formula is C18H27B8N5O3. The number of oxazole rings is 1. The molecule has 1 saturated heterocycles. The molecule has 0 bridgehead atoms. The van der Waals surface area contributed by atoms with Gasteiger partial charge in [-0.25, -0.2) is 15.0 Å². The predicted octanol–water partition coefficient (Wildman–Crippen LogP) is -6.46. The van der Waals surface area contributed by atoms with Crippen LogP contribution in [0.25, 0.3) is 22.2 Å². The third kappa shape index (κ3) is 4.15. The van der Waals surface area contributed by atoms with Crippen molar-refractivity contribution in [1.82, 2.24) is 19.9 Å². The summed E-state index contributed by atoms with van der Waals surface area (Å²) in [5.41, 5.74) is 1.58. The molecule has 0 atom stereocenters. The summed E-state index contributed by atoms with van der Waals surface area (Å²) in [5.74, 6) is 1.37. The summed E-state index contributed by atoms with van der Waals surface area (Å²) < 4.78 is 12.1. The largest absolute Gasteiger partial charge is 0.441 e. The van der Waals surface area contributed by atoms with Gasteiger partial charge in [0.15, 0.2) is 11.7 Å². The van der Waals surface area contributed by atoms with Gasteiger partial charge in [0, 0.05) is 34.9 Å². The lowest BCUT2D eigenvalue weighted by molar-refractivity contribution is -0.131. The second-order valence-electron chi connectivity index (χ2n) is 11.1. The van der Waals surface area contributed by atoms with Crippen LogP contribution >= 0.6 is 0 Å². The Kier molecular flexibility index (Phi) is 5.92. The number of aryl methyl sites for hydroxylation is 1. The molecule has 3 heterocycles. The Bertz CT molecular complexity index is 1240. The molecule has 1 aromatic carbocycles. The number of carbonyl (C=O) groups is 1. The lowest BCUT2D eigenvalue weighted by Gasteiger charge is -2.68. The number of hydrogen-bond donors (Lipinski definition) is 1. The van der Waals surface area contributed by atoms with Gasteiger partial charge in [0.1, 0.15) is 62.8 Å². The van der Waals surface area contributed by atoms with Gasteiger partial charge >= 0.3 is 0 Å². The Labute approximate surface area is 207 Å². The first-order valence-electron chi connectivity index (χ1n) is 11.6. The molecule has 0 saturated carbocycles. The number of benzene rings is 1. The Morgan fingerprint density at radius 1 is 1.00 bits per heavy atom. The molecule has 1 aliphatic rings. The molecule has 4 rings (SSSR count). The predicted molar refractivity (Wildman–Crippen MR) is 155 cm³/mol. The maximum absolute atomic E-state index is 13.2. The van der Waals surface area contributed by atoms with E-state index in [1.807, 2.05) is 18.2 Å². The van der Waals surface area contributed by atoms with E-state index in [1.165, 1.54) is 0 Å². The first kappa shape index (κ1) is 24.8. The van der Waals surface area contributed by atoms with Crippen molar-refractivity contribution in [1.29, 1.82) is 0 Å². The standard InChI is InChI=1S/C18H27B8N5O3/c1-8-27-6-12(33-8)9-2-3-10-5-28-14(29-11(10)4-9)30-13(32)7-31-15(19,20)17(23,24)34-18(25,26)16(31,21)22/h2-6H,7,19-26H2,1H3,(H,28,29,30,32). The van der Waals surface area contributed by atoms with Crippen LogP contribution in [0.15, 0.2) is 35.0 Å². The number of fused-ring (bicyclic) bond motifs is 1. The van der Waals surface area contributed by atoms with Crippen LogP contribution in [0.4, 0.5) is 5.95 Å². The van der Waals surface area contributed by atoms with E-state index in [1.54, 1.807) is 19.3 Å². The van der Waals surface area contributed by atoms with Gasteiger partial charge in [0.2, 0.25) is 11.9 Å². The fourth-order valence-electron chi connectivity index (χ4n) is 4.67. The highest BCUT2D eigenvalue weighted by atomic mass is 16.5. The number of ether oxygens (including phenoxy) is 1. The Balaban J connectivity index is 1.58. The topological polar surface area (TPSA) is 93.4 Å². The quantitative estimate of drug-likeness (QED) is 0.397. The van der Waals surface area contributed by atoms with Gasteiger partial charge in [-0.2, -0.15) is 0 Å². The first-order chi connectivity index (χ1) is 15.6. The zero-order chi connectivity index (χ0) is 25.1. The lowest BCUT2D eigenvalue weighted by Crippen LogP contribution is -2.86. The van der Waals surface area contributed by atoms with Crippen molar-refractivity contribution in [3.8, 4) is 11.3 Å². The second-order valence-corrected chi connectivity index (χ2v) is 11.1. The molecule has 166 valence electrons. The van der Waals surface area contributed by atoms with Gasteiger partial charge in [-0.3, -0.25) is 10.1 Å². The third-order valence-electron chi connectivity index (χ3n) is 7.85. The van der Waals surface area contributed by atoms with E-state index in [9.17, 15) is 4.79 Å². The summed E-state index contributed by atoms with van der Waals surface area (Å²) in [7, 11) is 16.8. The average molecular weight is 448 g/mol. The number of anilines is 1. The van der Waals surface area contributed by atoms with E-state index in [0.29, 0.717) is 17.2 Å². The van der Waals surface area contributed by atoms with E-state index < -0.39 is 21.5 Å². The molecule has 34 heavy (non-hydrogen) atoms. The minimum atomic E-state index is -0.457. The molecule has 8 nitrogen and oxygen atoms in total. The van der Waals surface area contributed by atoms with Gasteiger partial charge in [0.25, 0.3) is 0 Å². The minimum Gasteiger partial charge on any atom is -0.441 e.